The first-order chi connectivity index (χ1) is 9.20. The van der Waals surface area contributed by atoms with Crippen LogP contribution in [0.3, 0.4) is 0 Å². The summed E-state index contributed by atoms with van der Waals surface area (Å²) in [6.07, 6.45) is 0.916. The molecule has 2 aromatic heterocycles. The van der Waals surface area contributed by atoms with Crippen molar-refractivity contribution in [2.45, 2.75) is 25.4 Å². The molecular formula is C14H18N2OS2. The van der Waals surface area contributed by atoms with E-state index in [4.69, 9.17) is 0 Å². The van der Waals surface area contributed by atoms with E-state index in [-0.39, 0.29) is 18.0 Å². The molecule has 19 heavy (non-hydrogen) atoms. The minimum atomic E-state index is -0.197. The van der Waals surface area contributed by atoms with E-state index >= 15 is 0 Å². The zero-order chi connectivity index (χ0) is 13.7. The normalized spacial score (nSPS) is 14.0. The molecule has 3 nitrogen and oxygen atoms in total. The minimum Gasteiger partial charge on any atom is -0.358 e. The molecule has 0 bridgehead atoms. The molecule has 0 fully saturated rings. The van der Waals surface area contributed by atoms with E-state index in [0.29, 0.717) is 0 Å². The number of thiophene rings is 2. The van der Waals surface area contributed by atoms with Crippen LogP contribution in [-0.4, -0.2) is 19.0 Å². The summed E-state index contributed by atoms with van der Waals surface area (Å²) in [6, 6.07) is 8.36. The van der Waals surface area contributed by atoms with E-state index in [1.165, 1.54) is 9.75 Å². The first-order valence-electron chi connectivity index (χ1n) is 6.24. The molecule has 0 aliphatic rings. The molecule has 2 atom stereocenters. The Kier molecular flexibility index (Phi) is 5.13. The first kappa shape index (κ1) is 14.2. The van der Waals surface area contributed by atoms with E-state index < -0.39 is 0 Å². The average molecular weight is 294 g/mol. The third kappa shape index (κ3) is 3.89. The predicted molar refractivity (Wildman–Crippen MR) is 81.7 cm³/mol. The van der Waals surface area contributed by atoms with E-state index in [2.05, 4.69) is 39.6 Å². The maximum atomic E-state index is 11.7. The van der Waals surface area contributed by atoms with Crippen LogP contribution in [-0.2, 0) is 11.2 Å². The number of likely N-dealkylation sites (N-methyl/N-ethyl adjacent to an activating group) is 1. The average Bonchev–Trinajstić information content (AvgIpc) is 3.09. The van der Waals surface area contributed by atoms with Gasteiger partial charge < -0.3 is 5.32 Å². The fraction of sp³-hybridized carbons (Fsp3) is 0.357. The van der Waals surface area contributed by atoms with Crippen molar-refractivity contribution in [3.63, 3.8) is 0 Å². The lowest BCUT2D eigenvalue weighted by molar-refractivity contribution is -0.122. The highest BCUT2D eigenvalue weighted by Crippen LogP contribution is 2.25. The molecule has 2 aromatic rings. The summed E-state index contributed by atoms with van der Waals surface area (Å²) in [6.45, 7) is 1.90. The van der Waals surface area contributed by atoms with E-state index in [0.717, 1.165) is 6.42 Å². The summed E-state index contributed by atoms with van der Waals surface area (Å²) in [5.41, 5.74) is 0. The zero-order valence-corrected chi connectivity index (χ0v) is 12.7. The number of amides is 1. The van der Waals surface area contributed by atoms with Crippen molar-refractivity contribution < 1.29 is 4.79 Å². The van der Waals surface area contributed by atoms with Gasteiger partial charge in [-0.2, -0.15) is 0 Å². The second-order valence-electron chi connectivity index (χ2n) is 4.35. The van der Waals surface area contributed by atoms with Crippen LogP contribution in [0.4, 0.5) is 0 Å². The Morgan fingerprint density at radius 1 is 1.26 bits per heavy atom. The van der Waals surface area contributed by atoms with E-state index in [9.17, 15) is 4.79 Å². The smallest absolute Gasteiger partial charge is 0.236 e. The molecule has 5 heteroatoms. The first-order valence-corrected chi connectivity index (χ1v) is 8.00. The van der Waals surface area contributed by atoms with Crippen molar-refractivity contribution in [1.29, 1.82) is 0 Å². The van der Waals surface area contributed by atoms with Gasteiger partial charge in [0.15, 0.2) is 0 Å². The lowest BCUT2D eigenvalue weighted by atomic mass is 10.1. The number of nitrogens with one attached hydrogen (secondary N) is 2. The summed E-state index contributed by atoms with van der Waals surface area (Å²) in [7, 11) is 1.67. The number of rotatable bonds is 6. The van der Waals surface area contributed by atoms with Crippen LogP contribution in [0.5, 0.6) is 0 Å². The Morgan fingerprint density at radius 2 is 2.00 bits per heavy atom. The van der Waals surface area contributed by atoms with Crippen LogP contribution in [0.15, 0.2) is 35.0 Å². The molecule has 0 spiro atoms. The van der Waals surface area contributed by atoms with Gasteiger partial charge in [0.2, 0.25) is 5.91 Å². The van der Waals surface area contributed by atoms with Crippen LogP contribution >= 0.6 is 22.7 Å². The van der Waals surface area contributed by atoms with E-state index in [1.807, 2.05) is 13.0 Å². The summed E-state index contributed by atoms with van der Waals surface area (Å²) >= 11 is 3.48. The zero-order valence-electron chi connectivity index (χ0n) is 11.1. The quantitative estimate of drug-likeness (QED) is 0.860. The molecule has 0 saturated carbocycles. The molecule has 2 heterocycles. The number of hydrogen-bond donors (Lipinski definition) is 2. The van der Waals surface area contributed by atoms with Crippen molar-refractivity contribution in [3.8, 4) is 0 Å². The lowest BCUT2D eigenvalue weighted by Crippen LogP contribution is -2.42. The van der Waals surface area contributed by atoms with Gasteiger partial charge in [0.25, 0.3) is 0 Å². The maximum Gasteiger partial charge on any atom is 0.236 e. The summed E-state index contributed by atoms with van der Waals surface area (Å²) in [4.78, 5) is 14.2. The van der Waals surface area contributed by atoms with Crippen LogP contribution in [0.2, 0.25) is 0 Å². The van der Waals surface area contributed by atoms with Gasteiger partial charge in [0.1, 0.15) is 0 Å². The molecule has 2 rings (SSSR count). The molecule has 0 aromatic carbocycles. The molecule has 0 saturated heterocycles. The van der Waals surface area contributed by atoms with Crippen molar-refractivity contribution in [1.82, 2.24) is 10.6 Å². The SMILES string of the molecule is CNC(=O)C(C)NC(Cc1cccs1)c1cccs1. The van der Waals surface area contributed by atoms with E-state index in [1.54, 1.807) is 29.7 Å². The van der Waals surface area contributed by atoms with Crippen molar-refractivity contribution in [2.24, 2.45) is 0 Å². The summed E-state index contributed by atoms with van der Waals surface area (Å²) in [5.74, 6) is 0.0211. The largest absolute Gasteiger partial charge is 0.358 e. The Hall–Kier alpha value is -1.17. The molecule has 0 aliphatic carbocycles. The third-order valence-electron chi connectivity index (χ3n) is 2.96. The molecule has 0 radical (unpaired) electrons. The number of hydrogen-bond acceptors (Lipinski definition) is 4. The second kappa shape index (κ2) is 6.84. The molecular weight excluding hydrogens is 276 g/mol. The van der Waals surface area contributed by atoms with Crippen LogP contribution in [0.1, 0.15) is 22.7 Å². The van der Waals surface area contributed by atoms with Gasteiger partial charge in [-0.1, -0.05) is 12.1 Å². The number of carbonyl (C=O) groups is 1. The van der Waals surface area contributed by atoms with Crippen molar-refractivity contribution in [2.75, 3.05) is 7.05 Å². The molecule has 0 aliphatic heterocycles. The molecule has 102 valence electrons. The topological polar surface area (TPSA) is 41.1 Å². The van der Waals surface area contributed by atoms with Crippen LogP contribution in [0.25, 0.3) is 0 Å². The van der Waals surface area contributed by atoms with Crippen molar-refractivity contribution in [3.05, 3.63) is 44.8 Å². The Balaban J connectivity index is 2.09. The molecule has 1 amide bonds. The standard InChI is InChI=1S/C14H18N2OS2/c1-10(14(17)15-2)16-12(13-6-4-8-19-13)9-11-5-3-7-18-11/h3-8,10,12,16H,9H2,1-2H3,(H,15,17). The highest BCUT2D eigenvalue weighted by molar-refractivity contribution is 7.10. The fourth-order valence-corrected chi connectivity index (χ4v) is 3.49. The summed E-state index contributed by atoms with van der Waals surface area (Å²) in [5, 5.41) is 10.3. The molecule has 2 unspecified atom stereocenters. The minimum absolute atomic E-state index is 0.0211. The maximum absolute atomic E-state index is 11.7. The third-order valence-corrected chi connectivity index (χ3v) is 4.85. The van der Waals surface area contributed by atoms with Gasteiger partial charge in [-0.05, 0) is 29.8 Å². The number of carbonyl (C=O) groups excluding carboxylic acids is 1. The predicted octanol–water partition coefficient (Wildman–Crippen LogP) is 2.82. The second-order valence-corrected chi connectivity index (χ2v) is 6.37. The Morgan fingerprint density at radius 3 is 2.58 bits per heavy atom. The Labute approximate surface area is 121 Å². The van der Waals surface area contributed by atoms with Gasteiger partial charge in [-0.3, -0.25) is 10.1 Å². The monoisotopic (exact) mass is 294 g/mol. The fourth-order valence-electron chi connectivity index (χ4n) is 1.96. The van der Waals surface area contributed by atoms with Gasteiger partial charge in [-0.15, -0.1) is 22.7 Å². The van der Waals surface area contributed by atoms with Gasteiger partial charge in [0.05, 0.1) is 6.04 Å². The highest BCUT2D eigenvalue weighted by Gasteiger charge is 2.19. The van der Waals surface area contributed by atoms with Crippen LogP contribution in [0, 0.1) is 0 Å². The van der Waals surface area contributed by atoms with Crippen molar-refractivity contribution >= 4 is 28.6 Å². The molecule has 2 N–H and O–H groups in total. The van der Waals surface area contributed by atoms with Gasteiger partial charge in [0, 0.05) is 29.3 Å². The van der Waals surface area contributed by atoms with Gasteiger partial charge in [-0.25, -0.2) is 0 Å². The van der Waals surface area contributed by atoms with Gasteiger partial charge >= 0.3 is 0 Å². The summed E-state index contributed by atoms with van der Waals surface area (Å²) < 4.78 is 0. The lowest BCUT2D eigenvalue weighted by Gasteiger charge is -2.21. The van der Waals surface area contributed by atoms with Crippen LogP contribution < -0.4 is 10.6 Å². The Bertz CT molecular complexity index is 494. The highest BCUT2D eigenvalue weighted by atomic mass is 32.1.